The zero-order chi connectivity index (χ0) is 12.3. The molecule has 2 aromatic rings. The minimum absolute atomic E-state index is 0.604. The second-order valence-corrected chi connectivity index (χ2v) is 4.96. The zero-order valence-corrected chi connectivity index (χ0v) is 11.0. The van der Waals surface area contributed by atoms with Crippen molar-refractivity contribution in [3.05, 3.63) is 65.5 Å². The van der Waals surface area contributed by atoms with Crippen LogP contribution in [0.1, 0.15) is 22.4 Å². The van der Waals surface area contributed by atoms with Crippen molar-refractivity contribution < 1.29 is 0 Å². The van der Waals surface area contributed by atoms with E-state index in [2.05, 4.69) is 48.5 Å². The van der Waals surface area contributed by atoms with Crippen molar-refractivity contribution in [3.63, 3.8) is 0 Å². The molecule has 1 heterocycles. The highest BCUT2D eigenvalue weighted by Crippen LogP contribution is 2.16. The molecule has 1 N–H and O–H groups in total. The SMILES string of the molecule is C=Cc1ccc(Cc2cc[nH]c2C(=S)S)cc1. The summed E-state index contributed by atoms with van der Waals surface area (Å²) in [7, 11) is 0. The van der Waals surface area contributed by atoms with Gasteiger partial charge in [-0.25, -0.2) is 0 Å². The summed E-state index contributed by atoms with van der Waals surface area (Å²) in [4.78, 5) is 3.11. The third kappa shape index (κ3) is 2.87. The summed E-state index contributed by atoms with van der Waals surface area (Å²) >= 11 is 9.29. The summed E-state index contributed by atoms with van der Waals surface area (Å²) in [6, 6.07) is 10.4. The molecule has 86 valence electrons. The van der Waals surface area contributed by atoms with Gasteiger partial charge in [-0.15, -0.1) is 12.6 Å². The van der Waals surface area contributed by atoms with E-state index in [0.717, 1.165) is 17.7 Å². The van der Waals surface area contributed by atoms with E-state index in [-0.39, 0.29) is 0 Å². The van der Waals surface area contributed by atoms with E-state index < -0.39 is 0 Å². The molecule has 0 aliphatic rings. The molecular weight excluding hydrogens is 246 g/mol. The van der Waals surface area contributed by atoms with Crippen LogP contribution in [-0.2, 0) is 6.42 Å². The second-order valence-electron chi connectivity index (χ2n) is 3.81. The Bertz CT molecular complexity index is 538. The maximum absolute atomic E-state index is 5.08. The number of aromatic nitrogens is 1. The standard InChI is InChI=1S/C14H13NS2/c1-2-10-3-5-11(6-4-10)9-12-7-8-15-13(12)14(16)17/h2-8,15H,1,9H2,(H,16,17). The Hall–Kier alpha value is -1.32. The third-order valence-corrected chi connectivity index (χ3v) is 3.08. The lowest BCUT2D eigenvalue weighted by Gasteiger charge is -2.03. The average Bonchev–Trinajstić information content (AvgIpc) is 2.78. The van der Waals surface area contributed by atoms with Gasteiger partial charge in [0.05, 0.1) is 9.89 Å². The van der Waals surface area contributed by atoms with Gasteiger partial charge in [0, 0.05) is 6.20 Å². The number of hydrogen-bond acceptors (Lipinski definition) is 1. The summed E-state index contributed by atoms with van der Waals surface area (Å²) in [5.41, 5.74) is 4.50. The van der Waals surface area contributed by atoms with Gasteiger partial charge in [-0.3, -0.25) is 0 Å². The topological polar surface area (TPSA) is 15.8 Å². The molecule has 17 heavy (non-hydrogen) atoms. The number of aromatic amines is 1. The summed E-state index contributed by atoms with van der Waals surface area (Å²) in [5, 5.41) is 0. The molecule has 0 spiro atoms. The van der Waals surface area contributed by atoms with Crippen LogP contribution in [0.25, 0.3) is 6.08 Å². The number of H-pyrrole nitrogens is 1. The smallest absolute Gasteiger partial charge is 0.0913 e. The van der Waals surface area contributed by atoms with Crippen LogP contribution in [0.2, 0.25) is 0 Å². The number of nitrogens with one attached hydrogen (secondary N) is 1. The first kappa shape index (κ1) is 12.1. The molecule has 1 aromatic heterocycles. The van der Waals surface area contributed by atoms with Gasteiger partial charge < -0.3 is 4.98 Å². The number of hydrogen-bond donors (Lipinski definition) is 2. The molecule has 0 radical (unpaired) electrons. The van der Waals surface area contributed by atoms with E-state index in [1.54, 1.807) is 0 Å². The zero-order valence-electron chi connectivity index (χ0n) is 9.31. The van der Waals surface area contributed by atoms with Crippen LogP contribution in [0.5, 0.6) is 0 Å². The molecule has 0 fully saturated rings. The fraction of sp³-hybridized carbons (Fsp3) is 0.0714. The molecule has 0 atom stereocenters. The molecule has 1 aromatic carbocycles. The van der Waals surface area contributed by atoms with Crippen LogP contribution in [0.4, 0.5) is 0 Å². The van der Waals surface area contributed by atoms with Crippen LogP contribution in [-0.4, -0.2) is 9.18 Å². The molecule has 0 unspecified atom stereocenters. The average molecular weight is 259 g/mol. The lowest BCUT2D eigenvalue weighted by atomic mass is 10.0. The van der Waals surface area contributed by atoms with Crippen molar-refractivity contribution in [3.8, 4) is 0 Å². The fourth-order valence-corrected chi connectivity index (χ4v) is 2.14. The van der Waals surface area contributed by atoms with Crippen LogP contribution >= 0.6 is 24.8 Å². The number of thiol groups is 1. The summed E-state index contributed by atoms with van der Waals surface area (Å²) in [6.45, 7) is 3.74. The molecule has 0 saturated carbocycles. The van der Waals surface area contributed by atoms with E-state index in [4.69, 9.17) is 12.2 Å². The highest BCUT2D eigenvalue weighted by molar-refractivity contribution is 8.11. The van der Waals surface area contributed by atoms with Gasteiger partial charge in [-0.1, -0.05) is 49.1 Å². The van der Waals surface area contributed by atoms with Gasteiger partial charge in [-0.2, -0.15) is 0 Å². The molecule has 0 amide bonds. The van der Waals surface area contributed by atoms with Gasteiger partial charge in [0.2, 0.25) is 0 Å². The normalized spacial score (nSPS) is 10.2. The molecule has 0 bridgehead atoms. The quantitative estimate of drug-likeness (QED) is 0.629. The van der Waals surface area contributed by atoms with E-state index in [1.807, 2.05) is 18.3 Å². The number of benzene rings is 1. The van der Waals surface area contributed by atoms with Crippen molar-refractivity contribution >= 4 is 35.1 Å². The van der Waals surface area contributed by atoms with Crippen molar-refractivity contribution in [2.75, 3.05) is 0 Å². The lowest BCUT2D eigenvalue weighted by Crippen LogP contribution is -1.95. The molecule has 0 aliphatic carbocycles. The van der Waals surface area contributed by atoms with Crippen LogP contribution < -0.4 is 0 Å². The number of rotatable bonds is 4. The van der Waals surface area contributed by atoms with Gasteiger partial charge >= 0.3 is 0 Å². The predicted octanol–water partition coefficient (Wildman–Crippen LogP) is 3.85. The first-order valence-electron chi connectivity index (χ1n) is 5.31. The highest BCUT2D eigenvalue weighted by Gasteiger charge is 2.06. The third-order valence-electron chi connectivity index (χ3n) is 2.66. The first-order valence-corrected chi connectivity index (χ1v) is 6.17. The summed E-state index contributed by atoms with van der Waals surface area (Å²) in [6.07, 6.45) is 4.59. The molecule has 0 aliphatic heterocycles. The minimum Gasteiger partial charge on any atom is -0.360 e. The van der Waals surface area contributed by atoms with Crippen molar-refractivity contribution in [1.29, 1.82) is 0 Å². The Labute approximate surface area is 112 Å². The molecule has 2 rings (SSSR count). The first-order chi connectivity index (χ1) is 8.20. The Morgan fingerprint density at radius 3 is 2.59 bits per heavy atom. The predicted molar refractivity (Wildman–Crippen MR) is 80.8 cm³/mol. The van der Waals surface area contributed by atoms with Gasteiger partial charge in [-0.05, 0) is 29.2 Å². The van der Waals surface area contributed by atoms with E-state index >= 15 is 0 Å². The second kappa shape index (κ2) is 5.34. The van der Waals surface area contributed by atoms with E-state index in [1.165, 1.54) is 11.1 Å². The highest BCUT2D eigenvalue weighted by atomic mass is 32.1. The Balaban J connectivity index is 2.22. The maximum Gasteiger partial charge on any atom is 0.0913 e. The van der Waals surface area contributed by atoms with Gasteiger partial charge in [0.25, 0.3) is 0 Å². The fourth-order valence-electron chi connectivity index (χ4n) is 1.74. The van der Waals surface area contributed by atoms with Crippen molar-refractivity contribution in [2.24, 2.45) is 0 Å². The Morgan fingerprint density at radius 2 is 2.00 bits per heavy atom. The summed E-state index contributed by atoms with van der Waals surface area (Å²) in [5.74, 6) is 0. The Morgan fingerprint density at radius 1 is 1.29 bits per heavy atom. The van der Waals surface area contributed by atoms with Crippen LogP contribution in [0.3, 0.4) is 0 Å². The van der Waals surface area contributed by atoms with Gasteiger partial charge in [0.1, 0.15) is 0 Å². The van der Waals surface area contributed by atoms with Crippen LogP contribution in [0, 0.1) is 0 Å². The number of thiocarbonyl (C=S) groups is 1. The van der Waals surface area contributed by atoms with Gasteiger partial charge in [0.15, 0.2) is 0 Å². The summed E-state index contributed by atoms with van der Waals surface area (Å²) < 4.78 is 0.604. The minimum atomic E-state index is 0.604. The van der Waals surface area contributed by atoms with E-state index in [9.17, 15) is 0 Å². The maximum atomic E-state index is 5.08. The Kier molecular flexibility index (Phi) is 3.82. The van der Waals surface area contributed by atoms with Crippen LogP contribution in [0.15, 0.2) is 43.1 Å². The van der Waals surface area contributed by atoms with Crippen molar-refractivity contribution in [1.82, 2.24) is 4.98 Å². The molecule has 1 nitrogen and oxygen atoms in total. The largest absolute Gasteiger partial charge is 0.360 e. The molecule has 3 heteroatoms. The van der Waals surface area contributed by atoms with Crippen molar-refractivity contribution in [2.45, 2.75) is 6.42 Å². The molecule has 0 saturated heterocycles. The molecular formula is C14H13NS2. The van der Waals surface area contributed by atoms with E-state index in [0.29, 0.717) is 4.20 Å². The lowest BCUT2D eigenvalue weighted by molar-refractivity contribution is 1.19. The monoisotopic (exact) mass is 259 g/mol.